The molecule has 0 aliphatic carbocycles. The van der Waals surface area contributed by atoms with Gasteiger partial charge in [0, 0.05) is 35.7 Å². The molecule has 1 aromatic heterocycles. The van der Waals surface area contributed by atoms with E-state index in [1.807, 2.05) is 36.9 Å². The van der Waals surface area contributed by atoms with Crippen molar-refractivity contribution in [2.45, 2.75) is 26.4 Å². The van der Waals surface area contributed by atoms with Crippen LogP contribution in [-0.4, -0.2) is 22.0 Å². The number of fused-ring (bicyclic) bond motifs is 1. The number of aryl methyl sites for hydroxylation is 1. The fourth-order valence-electron chi connectivity index (χ4n) is 2.72. The van der Waals surface area contributed by atoms with Gasteiger partial charge >= 0.3 is 6.03 Å². The number of amides is 2. The lowest BCUT2D eigenvalue weighted by molar-refractivity contribution is 0.175. The first-order valence-corrected chi connectivity index (χ1v) is 7.43. The number of carbonyl (C=O) groups excluding carboxylic acids is 1. The Balaban J connectivity index is 1.75. The summed E-state index contributed by atoms with van der Waals surface area (Å²) in [6, 6.07) is 9.62. The lowest BCUT2D eigenvalue weighted by Gasteiger charge is -2.34. The van der Waals surface area contributed by atoms with Crippen LogP contribution in [0.3, 0.4) is 0 Å². The van der Waals surface area contributed by atoms with Crippen LogP contribution in [0.5, 0.6) is 0 Å². The minimum Gasteiger partial charge on any atom is -0.348 e. The largest absolute Gasteiger partial charge is 0.348 e. The number of nitrogens with one attached hydrogen (secondary N) is 1. The molecular formula is C16H18ClN3O. The first-order valence-electron chi connectivity index (χ1n) is 7.05. The minimum atomic E-state index is -0.0881. The summed E-state index contributed by atoms with van der Waals surface area (Å²) in [6.45, 7) is 5.52. The molecule has 0 saturated carbocycles. The van der Waals surface area contributed by atoms with E-state index in [0.29, 0.717) is 11.6 Å². The van der Waals surface area contributed by atoms with Gasteiger partial charge in [-0.25, -0.2) is 4.79 Å². The molecule has 1 aliphatic heterocycles. The molecule has 2 amide bonds. The predicted molar refractivity (Wildman–Crippen MR) is 84.8 cm³/mol. The lowest BCUT2D eigenvalue weighted by atomic mass is 10.1. The molecule has 0 fully saturated rings. The molecule has 21 heavy (non-hydrogen) atoms. The van der Waals surface area contributed by atoms with Crippen LogP contribution in [0.2, 0.25) is 5.02 Å². The third-order valence-corrected chi connectivity index (χ3v) is 4.43. The average molecular weight is 304 g/mol. The van der Waals surface area contributed by atoms with Crippen molar-refractivity contribution in [1.82, 2.24) is 9.47 Å². The molecule has 0 spiro atoms. The Morgan fingerprint density at radius 3 is 2.90 bits per heavy atom. The summed E-state index contributed by atoms with van der Waals surface area (Å²) in [5.41, 5.74) is 2.89. The number of nitrogens with zero attached hydrogens (tertiary/aromatic N) is 2. The van der Waals surface area contributed by atoms with Gasteiger partial charge in [-0.2, -0.15) is 0 Å². The molecule has 0 radical (unpaired) electrons. The van der Waals surface area contributed by atoms with Crippen molar-refractivity contribution in [2.75, 3.05) is 11.9 Å². The first-order chi connectivity index (χ1) is 10.1. The van der Waals surface area contributed by atoms with Crippen LogP contribution in [0.4, 0.5) is 10.5 Å². The highest BCUT2D eigenvalue weighted by Crippen LogP contribution is 2.26. The Bertz CT molecular complexity index is 680. The van der Waals surface area contributed by atoms with Crippen molar-refractivity contribution in [3.63, 3.8) is 0 Å². The average Bonchev–Trinajstić information content (AvgIpc) is 2.92. The lowest BCUT2D eigenvalue weighted by Crippen LogP contribution is -2.42. The number of urea groups is 1. The normalized spacial score (nSPS) is 17.5. The summed E-state index contributed by atoms with van der Waals surface area (Å²) in [4.78, 5) is 14.3. The molecule has 4 nitrogen and oxygen atoms in total. The Morgan fingerprint density at radius 2 is 2.14 bits per heavy atom. The topological polar surface area (TPSA) is 37.3 Å². The van der Waals surface area contributed by atoms with Gasteiger partial charge in [-0.3, -0.25) is 0 Å². The quantitative estimate of drug-likeness (QED) is 0.847. The zero-order valence-corrected chi connectivity index (χ0v) is 12.9. The molecule has 1 aromatic carbocycles. The van der Waals surface area contributed by atoms with Gasteiger partial charge in [0.25, 0.3) is 0 Å². The molecule has 3 rings (SSSR count). The van der Waals surface area contributed by atoms with Gasteiger partial charge in [-0.15, -0.1) is 0 Å². The number of hydrogen-bond acceptors (Lipinski definition) is 1. The molecule has 0 unspecified atom stereocenters. The molecular weight excluding hydrogens is 286 g/mol. The van der Waals surface area contributed by atoms with E-state index in [2.05, 4.69) is 22.1 Å². The highest BCUT2D eigenvalue weighted by Gasteiger charge is 2.27. The molecule has 1 aliphatic rings. The zero-order valence-electron chi connectivity index (χ0n) is 12.1. The van der Waals surface area contributed by atoms with Crippen LogP contribution >= 0.6 is 11.6 Å². The molecule has 2 aromatic rings. The van der Waals surface area contributed by atoms with Crippen LogP contribution in [0.25, 0.3) is 0 Å². The Labute approximate surface area is 129 Å². The third-order valence-electron chi connectivity index (χ3n) is 4.03. The monoisotopic (exact) mass is 303 g/mol. The van der Waals surface area contributed by atoms with Crippen LogP contribution in [0.1, 0.15) is 24.2 Å². The van der Waals surface area contributed by atoms with Gasteiger partial charge in [0.1, 0.15) is 0 Å². The van der Waals surface area contributed by atoms with Crippen LogP contribution < -0.4 is 5.32 Å². The minimum absolute atomic E-state index is 0.0645. The SMILES string of the molecule is Cc1ccc(NC(=O)N2CCn3cccc3[C@@H]2C)cc1Cl. The number of benzene rings is 1. The third kappa shape index (κ3) is 2.63. The standard InChI is InChI=1S/C16H18ClN3O/c1-11-5-6-13(10-14(11)17)18-16(21)20-9-8-19-7-3-4-15(19)12(20)2/h3-7,10,12H,8-9H2,1-2H3,(H,18,21)/t12-/m0/s1. The summed E-state index contributed by atoms with van der Waals surface area (Å²) in [7, 11) is 0. The van der Waals surface area contributed by atoms with E-state index in [1.165, 1.54) is 5.69 Å². The van der Waals surface area contributed by atoms with E-state index in [4.69, 9.17) is 11.6 Å². The maximum atomic E-state index is 12.5. The Morgan fingerprint density at radius 1 is 1.33 bits per heavy atom. The smallest absolute Gasteiger partial charge is 0.322 e. The molecule has 1 atom stereocenters. The van der Waals surface area contributed by atoms with Gasteiger partial charge in [-0.05, 0) is 43.7 Å². The van der Waals surface area contributed by atoms with Crippen molar-refractivity contribution in [3.8, 4) is 0 Å². The Hall–Kier alpha value is -1.94. The van der Waals surface area contributed by atoms with E-state index in [1.54, 1.807) is 6.07 Å². The number of rotatable bonds is 1. The number of hydrogen-bond donors (Lipinski definition) is 1. The van der Waals surface area contributed by atoms with Crippen LogP contribution in [0, 0.1) is 6.92 Å². The zero-order chi connectivity index (χ0) is 15.0. The molecule has 0 bridgehead atoms. The number of anilines is 1. The summed E-state index contributed by atoms with van der Waals surface area (Å²) in [6.07, 6.45) is 2.06. The second kappa shape index (κ2) is 5.45. The fourth-order valence-corrected chi connectivity index (χ4v) is 2.90. The van der Waals surface area contributed by atoms with Gasteiger partial charge in [-0.1, -0.05) is 17.7 Å². The van der Waals surface area contributed by atoms with Gasteiger partial charge < -0.3 is 14.8 Å². The molecule has 110 valence electrons. The number of aromatic nitrogens is 1. The molecule has 1 N–H and O–H groups in total. The van der Waals surface area contributed by atoms with Crippen LogP contribution in [0.15, 0.2) is 36.5 Å². The van der Waals surface area contributed by atoms with Gasteiger partial charge in [0.05, 0.1) is 6.04 Å². The molecule has 2 heterocycles. The highest BCUT2D eigenvalue weighted by atomic mass is 35.5. The summed E-state index contributed by atoms with van der Waals surface area (Å²) in [5.74, 6) is 0. The predicted octanol–water partition coefficient (Wildman–Crippen LogP) is 4.06. The Kier molecular flexibility index (Phi) is 3.64. The summed E-state index contributed by atoms with van der Waals surface area (Å²) >= 11 is 6.10. The maximum Gasteiger partial charge on any atom is 0.322 e. The second-order valence-corrected chi connectivity index (χ2v) is 5.80. The number of halogens is 1. The second-order valence-electron chi connectivity index (χ2n) is 5.39. The summed E-state index contributed by atoms with van der Waals surface area (Å²) in [5, 5.41) is 3.59. The van der Waals surface area contributed by atoms with E-state index in [0.717, 1.165) is 17.8 Å². The van der Waals surface area contributed by atoms with Crippen molar-refractivity contribution in [1.29, 1.82) is 0 Å². The van der Waals surface area contributed by atoms with Crippen molar-refractivity contribution in [2.24, 2.45) is 0 Å². The van der Waals surface area contributed by atoms with E-state index >= 15 is 0 Å². The molecule has 5 heteroatoms. The van der Waals surface area contributed by atoms with Crippen molar-refractivity contribution < 1.29 is 4.79 Å². The fraction of sp³-hybridized carbons (Fsp3) is 0.312. The van der Waals surface area contributed by atoms with E-state index in [9.17, 15) is 4.79 Å². The van der Waals surface area contributed by atoms with E-state index < -0.39 is 0 Å². The molecule has 0 saturated heterocycles. The van der Waals surface area contributed by atoms with Crippen molar-refractivity contribution in [3.05, 3.63) is 52.8 Å². The maximum absolute atomic E-state index is 12.5. The van der Waals surface area contributed by atoms with Gasteiger partial charge in [0.15, 0.2) is 0 Å². The van der Waals surface area contributed by atoms with Crippen LogP contribution in [-0.2, 0) is 6.54 Å². The summed E-state index contributed by atoms with van der Waals surface area (Å²) < 4.78 is 2.19. The first kappa shape index (κ1) is 14.0. The van der Waals surface area contributed by atoms with Gasteiger partial charge in [0.2, 0.25) is 0 Å². The van der Waals surface area contributed by atoms with E-state index in [-0.39, 0.29) is 12.1 Å². The van der Waals surface area contributed by atoms with Crippen molar-refractivity contribution >= 4 is 23.3 Å². The number of carbonyl (C=O) groups is 1. The highest BCUT2D eigenvalue weighted by molar-refractivity contribution is 6.31.